The third kappa shape index (κ3) is 3.38. The average Bonchev–Trinajstić information content (AvgIpc) is 2.51. The predicted molar refractivity (Wildman–Crippen MR) is 91.8 cm³/mol. The summed E-state index contributed by atoms with van der Waals surface area (Å²) in [6, 6.07) is 8.47. The zero-order valence-electron chi connectivity index (χ0n) is 13.6. The molecule has 0 amide bonds. The Morgan fingerprint density at radius 3 is 2.86 bits per heavy atom. The molecule has 1 atom stereocenters. The predicted octanol–water partition coefficient (Wildman–Crippen LogP) is 4.07. The van der Waals surface area contributed by atoms with Crippen molar-refractivity contribution in [1.82, 2.24) is 9.97 Å². The van der Waals surface area contributed by atoms with Crippen LogP contribution in [0, 0.1) is 19.8 Å². The Kier molecular flexibility index (Phi) is 4.27. The summed E-state index contributed by atoms with van der Waals surface area (Å²) in [5.41, 5.74) is 3.57. The Hall–Kier alpha value is -2.10. The maximum Gasteiger partial charge on any atom is 0.135 e. The molecule has 0 aliphatic carbocycles. The van der Waals surface area contributed by atoms with E-state index in [0.29, 0.717) is 0 Å². The summed E-state index contributed by atoms with van der Waals surface area (Å²) >= 11 is 0. The van der Waals surface area contributed by atoms with Gasteiger partial charge in [0.15, 0.2) is 0 Å². The lowest BCUT2D eigenvalue weighted by molar-refractivity contribution is 0.444. The van der Waals surface area contributed by atoms with Crippen LogP contribution in [0.1, 0.15) is 30.9 Å². The molecule has 116 valence electrons. The summed E-state index contributed by atoms with van der Waals surface area (Å²) in [4.78, 5) is 11.2. The van der Waals surface area contributed by atoms with E-state index in [9.17, 15) is 0 Å². The second kappa shape index (κ2) is 6.34. The van der Waals surface area contributed by atoms with E-state index in [1.807, 2.05) is 0 Å². The Morgan fingerprint density at radius 2 is 2.05 bits per heavy atom. The van der Waals surface area contributed by atoms with Gasteiger partial charge in [-0.1, -0.05) is 19.1 Å². The van der Waals surface area contributed by atoms with Gasteiger partial charge in [-0.3, -0.25) is 0 Å². The number of nitrogens with zero attached hydrogens (tertiary/aromatic N) is 3. The zero-order valence-corrected chi connectivity index (χ0v) is 13.6. The van der Waals surface area contributed by atoms with Crippen LogP contribution in [0.15, 0.2) is 30.6 Å². The molecule has 1 unspecified atom stereocenters. The van der Waals surface area contributed by atoms with E-state index >= 15 is 0 Å². The molecule has 1 aromatic carbocycles. The fourth-order valence-corrected chi connectivity index (χ4v) is 2.99. The van der Waals surface area contributed by atoms with E-state index in [1.54, 1.807) is 6.33 Å². The van der Waals surface area contributed by atoms with E-state index in [1.165, 1.54) is 24.0 Å². The van der Waals surface area contributed by atoms with Crippen molar-refractivity contribution in [2.75, 3.05) is 23.3 Å². The lowest BCUT2D eigenvalue weighted by Crippen LogP contribution is -2.34. The monoisotopic (exact) mass is 296 g/mol. The minimum Gasteiger partial charge on any atom is -0.356 e. The highest BCUT2D eigenvalue weighted by atomic mass is 15.2. The molecule has 4 heteroatoms. The fraction of sp³-hybridized carbons (Fsp3) is 0.444. The smallest absolute Gasteiger partial charge is 0.135 e. The van der Waals surface area contributed by atoms with Crippen molar-refractivity contribution < 1.29 is 0 Å². The first-order chi connectivity index (χ1) is 10.6. The van der Waals surface area contributed by atoms with Crippen LogP contribution in [0.25, 0.3) is 0 Å². The van der Waals surface area contributed by atoms with Crippen molar-refractivity contribution in [2.45, 2.75) is 33.6 Å². The van der Waals surface area contributed by atoms with E-state index in [0.717, 1.165) is 36.3 Å². The summed E-state index contributed by atoms with van der Waals surface area (Å²) in [5.74, 6) is 2.62. The number of anilines is 3. The molecule has 2 heterocycles. The van der Waals surface area contributed by atoms with E-state index in [2.05, 4.69) is 65.2 Å². The standard InChI is InChI=1S/C18H24N4/c1-13-6-7-15(3)16(9-13)21-17-10-18(20-12-19-17)22-8-4-5-14(2)11-22/h6-7,9-10,12,14H,4-5,8,11H2,1-3H3,(H,19,20,21). The van der Waals surface area contributed by atoms with Gasteiger partial charge in [-0.2, -0.15) is 0 Å². The molecule has 1 saturated heterocycles. The number of piperidine rings is 1. The molecular formula is C18H24N4. The molecule has 2 aromatic rings. The molecule has 0 radical (unpaired) electrons. The molecule has 0 spiro atoms. The normalized spacial score (nSPS) is 18.3. The SMILES string of the molecule is Cc1ccc(C)c(Nc2cc(N3CCCC(C)C3)ncn2)c1. The first-order valence-corrected chi connectivity index (χ1v) is 8.03. The highest BCUT2D eigenvalue weighted by Crippen LogP contribution is 2.25. The maximum atomic E-state index is 4.45. The fourth-order valence-electron chi connectivity index (χ4n) is 2.99. The first kappa shape index (κ1) is 14.8. The third-order valence-corrected chi connectivity index (χ3v) is 4.29. The van der Waals surface area contributed by atoms with Gasteiger partial charge in [0.1, 0.15) is 18.0 Å². The minimum atomic E-state index is 0.735. The van der Waals surface area contributed by atoms with Gasteiger partial charge in [0.05, 0.1) is 0 Å². The first-order valence-electron chi connectivity index (χ1n) is 8.03. The van der Waals surface area contributed by atoms with Crippen molar-refractivity contribution in [3.63, 3.8) is 0 Å². The molecule has 1 N–H and O–H groups in total. The van der Waals surface area contributed by atoms with Crippen LogP contribution >= 0.6 is 0 Å². The highest BCUT2D eigenvalue weighted by molar-refractivity contribution is 5.63. The van der Waals surface area contributed by atoms with Crippen LogP contribution in [0.3, 0.4) is 0 Å². The van der Waals surface area contributed by atoms with Gasteiger partial charge < -0.3 is 10.2 Å². The van der Waals surface area contributed by atoms with Gasteiger partial charge >= 0.3 is 0 Å². The number of aromatic nitrogens is 2. The number of aryl methyl sites for hydroxylation is 2. The van der Waals surface area contributed by atoms with Gasteiger partial charge in [0.25, 0.3) is 0 Å². The lowest BCUT2D eigenvalue weighted by atomic mass is 10.0. The summed E-state index contributed by atoms with van der Waals surface area (Å²) in [6.07, 6.45) is 4.21. The molecule has 0 bridgehead atoms. The largest absolute Gasteiger partial charge is 0.356 e. The van der Waals surface area contributed by atoms with Crippen LogP contribution in [0.2, 0.25) is 0 Å². The van der Waals surface area contributed by atoms with E-state index in [-0.39, 0.29) is 0 Å². The average molecular weight is 296 g/mol. The lowest BCUT2D eigenvalue weighted by Gasteiger charge is -2.31. The van der Waals surface area contributed by atoms with Crippen molar-refractivity contribution >= 4 is 17.3 Å². The Bertz CT molecular complexity index is 653. The number of hydrogen-bond donors (Lipinski definition) is 1. The van der Waals surface area contributed by atoms with Crippen LogP contribution in [-0.2, 0) is 0 Å². The molecule has 22 heavy (non-hydrogen) atoms. The van der Waals surface area contributed by atoms with Crippen molar-refractivity contribution in [3.8, 4) is 0 Å². The third-order valence-electron chi connectivity index (χ3n) is 4.29. The van der Waals surface area contributed by atoms with Crippen LogP contribution in [-0.4, -0.2) is 23.1 Å². The molecule has 1 aliphatic heterocycles. The maximum absolute atomic E-state index is 4.45. The number of rotatable bonds is 3. The van der Waals surface area contributed by atoms with Crippen LogP contribution < -0.4 is 10.2 Å². The van der Waals surface area contributed by atoms with Crippen molar-refractivity contribution in [2.24, 2.45) is 5.92 Å². The Labute approximate surface area is 132 Å². The van der Waals surface area contributed by atoms with E-state index in [4.69, 9.17) is 0 Å². The summed E-state index contributed by atoms with van der Waals surface area (Å²) in [6.45, 7) is 8.69. The number of hydrogen-bond acceptors (Lipinski definition) is 4. The quantitative estimate of drug-likeness (QED) is 0.927. The number of nitrogens with one attached hydrogen (secondary N) is 1. The summed E-state index contributed by atoms with van der Waals surface area (Å²) in [5, 5.41) is 3.43. The van der Waals surface area contributed by atoms with Gasteiger partial charge in [-0.15, -0.1) is 0 Å². The Morgan fingerprint density at radius 1 is 1.18 bits per heavy atom. The summed E-state index contributed by atoms with van der Waals surface area (Å²) in [7, 11) is 0. The van der Waals surface area contributed by atoms with E-state index < -0.39 is 0 Å². The molecular weight excluding hydrogens is 272 g/mol. The molecule has 1 fully saturated rings. The molecule has 4 nitrogen and oxygen atoms in total. The van der Waals surface area contributed by atoms with Gasteiger partial charge in [-0.25, -0.2) is 9.97 Å². The topological polar surface area (TPSA) is 41.0 Å². The molecule has 3 rings (SSSR count). The van der Waals surface area contributed by atoms with Gasteiger partial charge in [0, 0.05) is 24.8 Å². The molecule has 0 saturated carbocycles. The minimum absolute atomic E-state index is 0.735. The summed E-state index contributed by atoms with van der Waals surface area (Å²) < 4.78 is 0. The highest BCUT2D eigenvalue weighted by Gasteiger charge is 2.18. The number of benzene rings is 1. The second-order valence-corrected chi connectivity index (χ2v) is 6.40. The van der Waals surface area contributed by atoms with Crippen LogP contribution in [0.4, 0.5) is 17.3 Å². The Balaban J connectivity index is 1.80. The molecule has 1 aromatic heterocycles. The van der Waals surface area contributed by atoms with Crippen molar-refractivity contribution in [3.05, 3.63) is 41.7 Å². The molecule has 1 aliphatic rings. The van der Waals surface area contributed by atoms with Crippen molar-refractivity contribution in [1.29, 1.82) is 0 Å². The zero-order chi connectivity index (χ0) is 15.5. The van der Waals surface area contributed by atoms with Gasteiger partial charge in [0.2, 0.25) is 0 Å². The second-order valence-electron chi connectivity index (χ2n) is 6.40. The van der Waals surface area contributed by atoms with Gasteiger partial charge in [-0.05, 0) is 49.8 Å². The van der Waals surface area contributed by atoms with Crippen LogP contribution in [0.5, 0.6) is 0 Å².